The summed E-state index contributed by atoms with van der Waals surface area (Å²) in [7, 11) is 0. The molecule has 6 heteroatoms. The first-order chi connectivity index (χ1) is 9.38. The molecule has 2 aromatic carbocycles. The number of aliphatic hydroxyl groups is 1. The molecule has 0 aromatic heterocycles. The summed E-state index contributed by atoms with van der Waals surface area (Å²) < 4.78 is 52.2. The summed E-state index contributed by atoms with van der Waals surface area (Å²) in [6, 6.07) is 5.58. The van der Waals surface area contributed by atoms with Gasteiger partial charge in [0.2, 0.25) is 0 Å². The average molecular weight is 349 g/mol. The quantitative estimate of drug-likeness (QED) is 0.648. The number of rotatable bonds is 3. The van der Waals surface area contributed by atoms with Crippen LogP contribution in [0, 0.1) is 23.3 Å². The van der Waals surface area contributed by atoms with Crippen molar-refractivity contribution in [3.05, 3.63) is 69.2 Å². The second-order valence-corrected chi connectivity index (χ2v) is 5.12. The van der Waals surface area contributed by atoms with Gasteiger partial charge in [-0.2, -0.15) is 0 Å². The van der Waals surface area contributed by atoms with E-state index in [1.165, 1.54) is 18.2 Å². The minimum Gasteiger partial charge on any atom is -0.388 e. The molecule has 0 bridgehead atoms. The van der Waals surface area contributed by atoms with E-state index < -0.39 is 29.4 Å². The lowest BCUT2D eigenvalue weighted by molar-refractivity contribution is 0.177. The van der Waals surface area contributed by atoms with Crippen molar-refractivity contribution < 1.29 is 22.7 Å². The summed E-state index contributed by atoms with van der Waals surface area (Å²) in [6.07, 6.45) is -1.21. The van der Waals surface area contributed by atoms with Crippen molar-refractivity contribution in [2.45, 2.75) is 12.5 Å². The van der Waals surface area contributed by atoms with E-state index in [-0.39, 0.29) is 16.5 Å². The van der Waals surface area contributed by atoms with E-state index in [0.29, 0.717) is 5.56 Å². The van der Waals surface area contributed by atoms with Crippen LogP contribution < -0.4 is 0 Å². The number of benzene rings is 2. The Morgan fingerprint density at radius 3 is 2.10 bits per heavy atom. The van der Waals surface area contributed by atoms with Gasteiger partial charge in [-0.25, -0.2) is 17.6 Å². The highest BCUT2D eigenvalue weighted by atomic mass is 79.9. The van der Waals surface area contributed by atoms with E-state index in [4.69, 9.17) is 0 Å². The molecule has 2 aromatic rings. The molecule has 0 heterocycles. The SMILES string of the molecule is OC(Cc1ccc(F)c(Br)c1)c1cc(F)c(F)c(F)c1. The Morgan fingerprint density at radius 2 is 1.55 bits per heavy atom. The van der Waals surface area contributed by atoms with Crippen molar-refractivity contribution in [3.8, 4) is 0 Å². The molecule has 0 saturated carbocycles. The van der Waals surface area contributed by atoms with Crippen molar-refractivity contribution >= 4 is 15.9 Å². The van der Waals surface area contributed by atoms with Crippen LogP contribution in [0.4, 0.5) is 17.6 Å². The van der Waals surface area contributed by atoms with E-state index >= 15 is 0 Å². The van der Waals surface area contributed by atoms with E-state index in [1.807, 2.05) is 0 Å². The molecule has 0 spiro atoms. The predicted molar refractivity (Wildman–Crippen MR) is 69.1 cm³/mol. The largest absolute Gasteiger partial charge is 0.388 e. The molecule has 1 N–H and O–H groups in total. The Bertz CT molecular complexity index is 622. The Kier molecular flexibility index (Phi) is 4.45. The van der Waals surface area contributed by atoms with Gasteiger partial charge in [-0.3, -0.25) is 0 Å². The molecule has 0 aliphatic carbocycles. The zero-order chi connectivity index (χ0) is 14.9. The van der Waals surface area contributed by atoms with Crippen molar-refractivity contribution in [3.63, 3.8) is 0 Å². The van der Waals surface area contributed by atoms with Gasteiger partial charge in [-0.1, -0.05) is 6.07 Å². The Hall–Kier alpha value is -1.40. The highest BCUT2D eigenvalue weighted by Gasteiger charge is 2.16. The van der Waals surface area contributed by atoms with Crippen LogP contribution in [0.5, 0.6) is 0 Å². The van der Waals surface area contributed by atoms with E-state index in [1.54, 1.807) is 0 Å². The molecule has 2 rings (SSSR count). The monoisotopic (exact) mass is 348 g/mol. The lowest BCUT2D eigenvalue weighted by Gasteiger charge is -2.12. The first kappa shape index (κ1) is 15.0. The lowest BCUT2D eigenvalue weighted by atomic mass is 10.0. The molecule has 0 aliphatic heterocycles. The van der Waals surface area contributed by atoms with Crippen molar-refractivity contribution in [1.82, 2.24) is 0 Å². The number of aliphatic hydroxyl groups excluding tert-OH is 1. The summed E-state index contributed by atoms with van der Waals surface area (Å²) in [5.41, 5.74) is 0.484. The minimum absolute atomic E-state index is 0.0173. The van der Waals surface area contributed by atoms with Gasteiger partial charge in [0.05, 0.1) is 10.6 Å². The van der Waals surface area contributed by atoms with Crippen molar-refractivity contribution in [2.75, 3.05) is 0 Å². The van der Waals surface area contributed by atoms with Crippen LogP contribution >= 0.6 is 15.9 Å². The molecule has 0 aliphatic rings. The average Bonchev–Trinajstić information content (AvgIpc) is 2.39. The van der Waals surface area contributed by atoms with Gasteiger partial charge in [-0.05, 0) is 51.3 Å². The van der Waals surface area contributed by atoms with Crippen LogP contribution in [0.25, 0.3) is 0 Å². The third kappa shape index (κ3) is 3.19. The summed E-state index contributed by atoms with van der Waals surface area (Å²) in [4.78, 5) is 0. The lowest BCUT2D eigenvalue weighted by Crippen LogP contribution is -2.05. The summed E-state index contributed by atoms with van der Waals surface area (Å²) in [5.74, 6) is -4.76. The zero-order valence-corrected chi connectivity index (χ0v) is 11.6. The van der Waals surface area contributed by atoms with Gasteiger partial charge in [0, 0.05) is 6.42 Å². The standard InChI is InChI=1S/C14H9BrF4O/c15-9-3-7(1-2-10(9)16)4-13(20)8-5-11(17)14(19)12(18)6-8/h1-3,5-6,13,20H,4H2. The number of hydrogen-bond acceptors (Lipinski definition) is 1. The normalized spacial score (nSPS) is 12.5. The maximum atomic E-state index is 13.1. The highest BCUT2D eigenvalue weighted by Crippen LogP contribution is 2.24. The third-order valence-electron chi connectivity index (χ3n) is 2.80. The fourth-order valence-electron chi connectivity index (χ4n) is 1.78. The molecule has 0 saturated heterocycles. The molecule has 0 fully saturated rings. The summed E-state index contributed by atoms with van der Waals surface area (Å²) >= 11 is 3.00. The van der Waals surface area contributed by atoms with Crippen LogP contribution in [-0.4, -0.2) is 5.11 Å². The molecular formula is C14H9BrF4O. The van der Waals surface area contributed by atoms with E-state index in [2.05, 4.69) is 15.9 Å². The second kappa shape index (κ2) is 5.93. The molecule has 106 valence electrons. The molecule has 0 radical (unpaired) electrons. The maximum absolute atomic E-state index is 13.1. The zero-order valence-electron chi connectivity index (χ0n) is 10.0. The van der Waals surface area contributed by atoms with Gasteiger partial charge in [-0.15, -0.1) is 0 Å². The van der Waals surface area contributed by atoms with Gasteiger partial charge >= 0.3 is 0 Å². The van der Waals surface area contributed by atoms with Crippen LogP contribution in [0.3, 0.4) is 0 Å². The molecule has 1 unspecified atom stereocenters. The predicted octanol–water partition coefficient (Wildman–Crippen LogP) is 4.28. The Morgan fingerprint density at radius 1 is 0.950 bits per heavy atom. The van der Waals surface area contributed by atoms with Crippen LogP contribution in [0.1, 0.15) is 17.2 Å². The van der Waals surface area contributed by atoms with Gasteiger partial charge in [0.25, 0.3) is 0 Å². The molecule has 0 amide bonds. The van der Waals surface area contributed by atoms with Gasteiger partial charge < -0.3 is 5.11 Å². The first-order valence-corrected chi connectivity index (χ1v) is 6.44. The molecule has 1 atom stereocenters. The van der Waals surface area contributed by atoms with Crippen molar-refractivity contribution in [2.24, 2.45) is 0 Å². The smallest absolute Gasteiger partial charge is 0.194 e. The summed E-state index contributed by atoms with van der Waals surface area (Å²) in [6.45, 7) is 0. The highest BCUT2D eigenvalue weighted by molar-refractivity contribution is 9.10. The van der Waals surface area contributed by atoms with E-state index in [9.17, 15) is 22.7 Å². The fraction of sp³-hybridized carbons (Fsp3) is 0.143. The second-order valence-electron chi connectivity index (χ2n) is 4.27. The topological polar surface area (TPSA) is 20.2 Å². The van der Waals surface area contributed by atoms with Crippen LogP contribution in [0.2, 0.25) is 0 Å². The third-order valence-corrected chi connectivity index (χ3v) is 3.41. The molecular weight excluding hydrogens is 340 g/mol. The first-order valence-electron chi connectivity index (χ1n) is 5.65. The van der Waals surface area contributed by atoms with Crippen LogP contribution in [-0.2, 0) is 6.42 Å². The summed E-state index contributed by atoms with van der Waals surface area (Å²) in [5, 5.41) is 9.91. The number of halogens is 5. The van der Waals surface area contributed by atoms with Gasteiger partial charge in [0.15, 0.2) is 17.5 Å². The van der Waals surface area contributed by atoms with Crippen molar-refractivity contribution in [1.29, 1.82) is 0 Å². The maximum Gasteiger partial charge on any atom is 0.194 e. The Labute approximate surface area is 121 Å². The fourth-order valence-corrected chi connectivity index (χ4v) is 2.20. The molecule has 1 nitrogen and oxygen atoms in total. The molecule has 20 heavy (non-hydrogen) atoms. The minimum atomic E-state index is -1.58. The Balaban J connectivity index is 2.23. The number of hydrogen-bond donors (Lipinski definition) is 1. The van der Waals surface area contributed by atoms with E-state index in [0.717, 1.165) is 12.1 Å². The van der Waals surface area contributed by atoms with Gasteiger partial charge in [0.1, 0.15) is 5.82 Å². The van der Waals surface area contributed by atoms with Crippen LogP contribution in [0.15, 0.2) is 34.8 Å².